The summed E-state index contributed by atoms with van der Waals surface area (Å²) in [6.45, 7) is 12.0. The molecule has 0 spiro atoms. The van der Waals surface area contributed by atoms with Gasteiger partial charge in [0.1, 0.15) is 0 Å². The SMILES string of the molecule is CCN(CC)CCCC(C)NC(=NC)NCCC1CCCO1.I. The number of halogens is 1. The molecule has 2 N–H and O–H groups in total. The van der Waals surface area contributed by atoms with Crippen molar-refractivity contribution in [2.75, 3.05) is 39.8 Å². The minimum absolute atomic E-state index is 0. The molecule has 0 aliphatic carbocycles. The van der Waals surface area contributed by atoms with Crippen molar-refractivity contribution < 1.29 is 4.74 Å². The van der Waals surface area contributed by atoms with Gasteiger partial charge in [0.25, 0.3) is 0 Å². The van der Waals surface area contributed by atoms with Crippen LogP contribution in [0, 0.1) is 0 Å². The molecule has 0 saturated carbocycles. The van der Waals surface area contributed by atoms with Crippen LogP contribution in [0.2, 0.25) is 0 Å². The van der Waals surface area contributed by atoms with E-state index in [1.165, 1.54) is 32.2 Å². The van der Waals surface area contributed by atoms with Crippen LogP contribution in [-0.2, 0) is 4.74 Å². The summed E-state index contributed by atoms with van der Waals surface area (Å²) in [5, 5.41) is 6.88. The molecule has 5 nitrogen and oxygen atoms in total. The zero-order valence-electron chi connectivity index (χ0n) is 15.4. The molecule has 1 aliphatic heterocycles. The number of rotatable bonds is 10. The minimum Gasteiger partial charge on any atom is -0.378 e. The third kappa shape index (κ3) is 10.4. The molecule has 138 valence electrons. The molecule has 1 rings (SSSR count). The maximum absolute atomic E-state index is 5.64. The van der Waals surface area contributed by atoms with E-state index in [0.717, 1.165) is 38.6 Å². The van der Waals surface area contributed by atoms with Gasteiger partial charge in [-0.1, -0.05) is 13.8 Å². The average molecular weight is 440 g/mol. The first-order valence-electron chi connectivity index (χ1n) is 9.00. The zero-order chi connectivity index (χ0) is 16.2. The Morgan fingerprint density at radius 2 is 2.09 bits per heavy atom. The second-order valence-corrected chi connectivity index (χ2v) is 6.14. The molecule has 0 radical (unpaired) electrons. The molecule has 6 heteroatoms. The second kappa shape index (κ2) is 14.3. The molecular weight excluding hydrogens is 403 g/mol. The van der Waals surface area contributed by atoms with E-state index in [-0.39, 0.29) is 24.0 Å². The van der Waals surface area contributed by atoms with Gasteiger partial charge in [-0.3, -0.25) is 4.99 Å². The van der Waals surface area contributed by atoms with Crippen molar-refractivity contribution in [2.24, 2.45) is 4.99 Å². The number of nitrogens with one attached hydrogen (secondary N) is 2. The number of hydrogen-bond acceptors (Lipinski definition) is 3. The smallest absolute Gasteiger partial charge is 0.191 e. The van der Waals surface area contributed by atoms with Gasteiger partial charge < -0.3 is 20.3 Å². The Hall–Kier alpha value is -0.0800. The second-order valence-electron chi connectivity index (χ2n) is 6.14. The van der Waals surface area contributed by atoms with Crippen LogP contribution in [0.5, 0.6) is 0 Å². The molecule has 1 fully saturated rings. The molecule has 1 saturated heterocycles. The lowest BCUT2D eigenvalue weighted by Gasteiger charge is -2.21. The molecule has 0 aromatic carbocycles. The number of hydrogen-bond donors (Lipinski definition) is 2. The highest BCUT2D eigenvalue weighted by atomic mass is 127. The Labute approximate surface area is 160 Å². The van der Waals surface area contributed by atoms with E-state index in [1.54, 1.807) is 0 Å². The Morgan fingerprint density at radius 3 is 2.65 bits per heavy atom. The predicted octanol–water partition coefficient (Wildman–Crippen LogP) is 2.85. The van der Waals surface area contributed by atoms with E-state index in [0.29, 0.717) is 12.1 Å². The van der Waals surface area contributed by atoms with Gasteiger partial charge in [0.05, 0.1) is 6.10 Å². The number of ether oxygens (including phenoxy) is 1. The Balaban J connectivity index is 0.00000484. The average Bonchev–Trinajstić information content (AvgIpc) is 3.04. The number of guanidine groups is 1. The fourth-order valence-corrected chi connectivity index (χ4v) is 2.88. The fourth-order valence-electron chi connectivity index (χ4n) is 2.88. The van der Waals surface area contributed by atoms with Gasteiger partial charge in [0, 0.05) is 26.2 Å². The van der Waals surface area contributed by atoms with Crippen molar-refractivity contribution in [3.05, 3.63) is 0 Å². The first-order chi connectivity index (χ1) is 10.7. The summed E-state index contributed by atoms with van der Waals surface area (Å²) in [6.07, 6.45) is 6.32. The third-order valence-corrected chi connectivity index (χ3v) is 4.40. The van der Waals surface area contributed by atoms with Gasteiger partial charge in [-0.25, -0.2) is 0 Å². The van der Waals surface area contributed by atoms with Gasteiger partial charge in [0.2, 0.25) is 0 Å². The van der Waals surface area contributed by atoms with Crippen LogP contribution in [-0.4, -0.2) is 62.8 Å². The van der Waals surface area contributed by atoms with E-state index < -0.39 is 0 Å². The topological polar surface area (TPSA) is 48.9 Å². The van der Waals surface area contributed by atoms with Crippen molar-refractivity contribution >= 4 is 29.9 Å². The van der Waals surface area contributed by atoms with Gasteiger partial charge in [-0.2, -0.15) is 0 Å². The Kier molecular flexibility index (Phi) is 14.2. The van der Waals surface area contributed by atoms with Crippen molar-refractivity contribution in [3.63, 3.8) is 0 Å². The standard InChI is InChI=1S/C17H36N4O.HI/c1-5-21(6-2)13-7-9-15(3)20-17(18-4)19-12-11-16-10-8-14-22-16;/h15-16H,5-14H2,1-4H3,(H2,18,19,20);1H. The minimum atomic E-state index is 0. The van der Waals surface area contributed by atoms with Crippen LogP contribution in [0.15, 0.2) is 4.99 Å². The van der Waals surface area contributed by atoms with Crippen molar-refractivity contribution in [1.29, 1.82) is 0 Å². The van der Waals surface area contributed by atoms with Gasteiger partial charge in [0.15, 0.2) is 5.96 Å². The van der Waals surface area contributed by atoms with E-state index in [9.17, 15) is 0 Å². The van der Waals surface area contributed by atoms with Gasteiger partial charge >= 0.3 is 0 Å². The third-order valence-electron chi connectivity index (χ3n) is 4.40. The zero-order valence-corrected chi connectivity index (χ0v) is 17.8. The number of nitrogens with zero attached hydrogens (tertiary/aromatic N) is 2. The summed E-state index contributed by atoms with van der Waals surface area (Å²) >= 11 is 0. The van der Waals surface area contributed by atoms with Crippen LogP contribution >= 0.6 is 24.0 Å². The first kappa shape index (κ1) is 22.9. The molecule has 2 unspecified atom stereocenters. The highest BCUT2D eigenvalue weighted by molar-refractivity contribution is 14.0. The summed E-state index contributed by atoms with van der Waals surface area (Å²) in [4.78, 5) is 6.78. The van der Waals surface area contributed by atoms with Crippen molar-refractivity contribution in [2.45, 2.75) is 65.0 Å². The van der Waals surface area contributed by atoms with E-state index in [4.69, 9.17) is 4.74 Å². The lowest BCUT2D eigenvalue weighted by molar-refractivity contribution is 0.105. The van der Waals surface area contributed by atoms with E-state index in [2.05, 4.69) is 41.3 Å². The van der Waals surface area contributed by atoms with Crippen LogP contribution in [0.3, 0.4) is 0 Å². The first-order valence-corrected chi connectivity index (χ1v) is 9.00. The molecule has 1 aliphatic rings. The summed E-state index contributed by atoms with van der Waals surface area (Å²) in [5.74, 6) is 0.910. The Bertz CT molecular complexity index is 305. The molecule has 23 heavy (non-hydrogen) atoms. The van der Waals surface area contributed by atoms with Crippen LogP contribution in [0.4, 0.5) is 0 Å². The fraction of sp³-hybridized carbons (Fsp3) is 0.941. The lowest BCUT2D eigenvalue weighted by atomic mass is 10.1. The molecule has 0 amide bonds. The largest absolute Gasteiger partial charge is 0.378 e. The van der Waals surface area contributed by atoms with E-state index >= 15 is 0 Å². The quantitative estimate of drug-likeness (QED) is 0.312. The molecule has 2 atom stereocenters. The van der Waals surface area contributed by atoms with Gasteiger partial charge in [-0.15, -0.1) is 24.0 Å². The van der Waals surface area contributed by atoms with E-state index in [1.807, 2.05) is 7.05 Å². The summed E-state index contributed by atoms with van der Waals surface area (Å²) in [7, 11) is 1.84. The van der Waals surface area contributed by atoms with Crippen LogP contribution in [0.1, 0.15) is 52.9 Å². The lowest BCUT2D eigenvalue weighted by Crippen LogP contribution is -2.43. The highest BCUT2D eigenvalue weighted by Gasteiger charge is 2.15. The molecule has 0 aromatic heterocycles. The molecule has 0 bridgehead atoms. The Morgan fingerprint density at radius 1 is 1.35 bits per heavy atom. The molecular formula is C17H37IN4O. The normalized spacial score (nSPS) is 19.5. The molecule has 0 aromatic rings. The monoisotopic (exact) mass is 440 g/mol. The summed E-state index contributed by atoms with van der Waals surface area (Å²) in [6, 6.07) is 0.449. The van der Waals surface area contributed by atoms with Crippen LogP contribution in [0.25, 0.3) is 0 Å². The van der Waals surface area contributed by atoms with Gasteiger partial charge in [-0.05, 0) is 58.7 Å². The van der Waals surface area contributed by atoms with Crippen molar-refractivity contribution in [1.82, 2.24) is 15.5 Å². The van der Waals surface area contributed by atoms with Crippen LogP contribution < -0.4 is 10.6 Å². The maximum Gasteiger partial charge on any atom is 0.191 e. The molecule has 1 heterocycles. The maximum atomic E-state index is 5.64. The van der Waals surface area contributed by atoms with Crippen molar-refractivity contribution in [3.8, 4) is 0 Å². The summed E-state index contributed by atoms with van der Waals surface area (Å²) in [5.41, 5.74) is 0. The number of aliphatic imine (C=N–C) groups is 1. The predicted molar refractivity (Wildman–Crippen MR) is 110 cm³/mol. The highest BCUT2D eigenvalue weighted by Crippen LogP contribution is 2.14. The summed E-state index contributed by atoms with van der Waals surface area (Å²) < 4.78 is 5.64.